The molecule has 0 saturated carbocycles. The van der Waals surface area contributed by atoms with Crippen molar-refractivity contribution in [2.75, 3.05) is 5.32 Å². The minimum Gasteiger partial charge on any atom is -0.322 e. The lowest BCUT2D eigenvalue weighted by Crippen LogP contribution is -2.20. The standard InChI is InChI=1S/C16H9ClFN3OS/c17-9-5-6-14-13(7-9)21-16(23-14)10(8-19)15(22)20-12-4-2-1-3-11(12)18/h1-7,10H,(H,20,22). The molecule has 1 atom stereocenters. The first-order valence-electron chi connectivity index (χ1n) is 6.59. The van der Waals surface area contributed by atoms with Crippen LogP contribution in [0, 0.1) is 17.1 Å². The largest absolute Gasteiger partial charge is 0.322 e. The summed E-state index contributed by atoms with van der Waals surface area (Å²) in [6, 6.07) is 12.9. The maximum atomic E-state index is 13.6. The molecule has 0 fully saturated rings. The molecule has 0 aliphatic carbocycles. The number of nitrogens with one attached hydrogen (secondary N) is 1. The molecular weight excluding hydrogens is 337 g/mol. The number of anilines is 1. The highest BCUT2D eigenvalue weighted by molar-refractivity contribution is 7.18. The van der Waals surface area contributed by atoms with E-state index in [9.17, 15) is 14.4 Å². The Morgan fingerprint density at radius 1 is 1.35 bits per heavy atom. The van der Waals surface area contributed by atoms with Crippen molar-refractivity contribution in [2.24, 2.45) is 0 Å². The number of benzene rings is 2. The molecule has 1 amide bonds. The molecule has 7 heteroatoms. The van der Waals surface area contributed by atoms with Crippen LogP contribution in [0.1, 0.15) is 10.9 Å². The predicted molar refractivity (Wildman–Crippen MR) is 88.0 cm³/mol. The first kappa shape index (κ1) is 15.4. The van der Waals surface area contributed by atoms with E-state index in [4.69, 9.17) is 11.6 Å². The number of hydrogen-bond donors (Lipinski definition) is 1. The van der Waals surface area contributed by atoms with E-state index in [0.29, 0.717) is 15.5 Å². The third-order valence-electron chi connectivity index (χ3n) is 3.14. The van der Waals surface area contributed by atoms with Crippen LogP contribution in [0.25, 0.3) is 10.2 Å². The zero-order chi connectivity index (χ0) is 16.4. The van der Waals surface area contributed by atoms with Crippen molar-refractivity contribution >= 4 is 44.7 Å². The Balaban J connectivity index is 1.90. The van der Waals surface area contributed by atoms with Gasteiger partial charge >= 0.3 is 0 Å². The van der Waals surface area contributed by atoms with E-state index in [1.165, 1.54) is 29.5 Å². The Morgan fingerprint density at radius 3 is 2.87 bits per heavy atom. The summed E-state index contributed by atoms with van der Waals surface area (Å²) in [5, 5.41) is 12.6. The molecule has 0 saturated heterocycles. The van der Waals surface area contributed by atoms with Gasteiger partial charge in [0, 0.05) is 5.02 Å². The Morgan fingerprint density at radius 2 is 2.13 bits per heavy atom. The molecule has 114 valence electrons. The van der Waals surface area contributed by atoms with Crippen molar-refractivity contribution in [3.05, 3.63) is 58.3 Å². The number of carbonyl (C=O) groups is 1. The average Bonchev–Trinajstić information content (AvgIpc) is 2.93. The lowest BCUT2D eigenvalue weighted by atomic mass is 10.1. The number of halogens is 2. The van der Waals surface area contributed by atoms with Gasteiger partial charge < -0.3 is 5.32 Å². The molecule has 0 aliphatic heterocycles. The van der Waals surface area contributed by atoms with E-state index in [0.717, 1.165) is 4.70 Å². The van der Waals surface area contributed by atoms with E-state index >= 15 is 0 Å². The SMILES string of the molecule is N#CC(C(=O)Nc1ccccc1F)c1nc2cc(Cl)ccc2s1. The summed E-state index contributed by atoms with van der Waals surface area (Å²) in [5.74, 6) is -2.30. The second kappa shape index (κ2) is 6.32. The number of amides is 1. The second-order valence-corrected chi connectivity index (χ2v) is 6.19. The highest BCUT2D eigenvalue weighted by Gasteiger charge is 2.25. The molecule has 1 aromatic heterocycles. The van der Waals surface area contributed by atoms with Gasteiger partial charge in [-0.05, 0) is 30.3 Å². The Kier molecular flexibility index (Phi) is 4.24. The molecule has 0 aliphatic rings. The van der Waals surface area contributed by atoms with E-state index in [1.807, 2.05) is 6.07 Å². The Bertz CT molecular complexity index is 934. The number of thiazole rings is 1. The number of nitriles is 1. The number of carbonyl (C=O) groups excluding carboxylic acids is 1. The average molecular weight is 346 g/mol. The number of aromatic nitrogens is 1. The van der Waals surface area contributed by atoms with Gasteiger partial charge in [0.05, 0.1) is 22.0 Å². The molecule has 1 heterocycles. The van der Waals surface area contributed by atoms with Gasteiger partial charge in [0.1, 0.15) is 10.8 Å². The summed E-state index contributed by atoms with van der Waals surface area (Å²) in [6.07, 6.45) is 0. The van der Waals surface area contributed by atoms with Crippen molar-refractivity contribution in [1.29, 1.82) is 5.26 Å². The summed E-state index contributed by atoms with van der Waals surface area (Å²) in [5.41, 5.74) is 0.651. The third kappa shape index (κ3) is 3.16. The summed E-state index contributed by atoms with van der Waals surface area (Å²) >= 11 is 7.14. The molecule has 23 heavy (non-hydrogen) atoms. The highest BCUT2D eigenvalue weighted by Crippen LogP contribution is 2.30. The Hall–Kier alpha value is -2.49. The van der Waals surface area contributed by atoms with Crippen LogP contribution in [0.3, 0.4) is 0 Å². The van der Waals surface area contributed by atoms with Crippen molar-refractivity contribution in [3.63, 3.8) is 0 Å². The van der Waals surface area contributed by atoms with Gasteiger partial charge in [-0.2, -0.15) is 5.26 Å². The first-order chi connectivity index (χ1) is 11.1. The molecule has 1 unspecified atom stereocenters. The van der Waals surface area contributed by atoms with Crippen LogP contribution in [-0.2, 0) is 4.79 Å². The second-order valence-electron chi connectivity index (χ2n) is 4.70. The van der Waals surface area contributed by atoms with E-state index < -0.39 is 17.6 Å². The summed E-state index contributed by atoms with van der Waals surface area (Å²) in [6.45, 7) is 0. The van der Waals surface area contributed by atoms with Crippen LogP contribution < -0.4 is 5.32 Å². The molecular formula is C16H9ClFN3OS. The first-order valence-corrected chi connectivity index (χ1v) is 7.79. The van der Waals surface area contributed by atoms with Gasteiger partial charge in [-0.15, -0.1) is 11.3 Å². The monoisotopic (exact) mass is 345 g/mol. The molecule has 3 rings (SSSR count). The minimum absolute atomic E-state index is 0.0295. The molecule has 1 N–H and O–H groups in total. The van der Waals surface area contributed by atoms with Crippen molar-refractivity contribution in [1.82, 2.24) is 4.98 Å². The number of hydrogen-bond acceptors (Lipinski definition) is 4. The lowest BCUT2D eigenvalue weighted by Gasteiger charge is -2.08. The van der Waals surface area contributed by atoms with Crippen molar-refractivity contribution in [3.8, 4) is 6.07 Å². The van der Waals surface area contributed by atoms with E-state index in [-0.39, 0.29) is 5.69 Å². The lowest BCUT2D eigenvalue weighted by molar-refractivity contribution is -0.116. The van der Waals surface area contributed by atoms with Crippen LogP contribution in [0.5, 0.6) is 0 Å². The van der Waals surface area contributed by atoms with Crippen molar-refractivity contribution < 1.29 is 9.18 Å². The van der Waals surface area contributed by atoms with Gasteiger partial charge in [-0.25, -0.2) is 9.37 Å². The third-order valence-corrected chi connectivity index (χ3v) is 4.47. The van der Waals surface area contributed by atoms with Crippen LogP contribution in [0.2, 0.25) is 5.02 Å². The van der Waals surface area contributed by atoms with Gasteiger partial charge in [-0.1, -0.05) is 23.7 Å². The van der Waals surface area contributed by atoms with Gasteiger partial charge in [0.2, 0.25) is 5.91 Å². The Labute approximate surface area is 140 Å². The summed E-state index contributed by atoms with van der Waals surface area (Å²) in [7, 11) is 0. The molecule has 3 aromatic rings. The van der Waals surface area contributed by atoms with Crippen LogP contribution in [-0.4, -0.2) is 10.9 Å². The topological polar surface area (TPSA) is 65.8 Å². The normalized spacial score (nSPS) is 11.9. The number of rotatable bonds is 3. The fourth-order valence-corrected chi connectivity index (χ4v) is 3.19. The van der Waals surface area contributed by atoms with Gasteiger partial charge in [0.15, 0.2) is 5.92 Å². The predicted octanol–water partition coefficient (Wildman–Crippen LogP) is 4.33. The van der Waals surface area contributed by atoms with Crippen LogP contribution >= 0.6 is 22.9 Å². The fourth-order valence-electron chi connectivity index (χ4n) is 2.04. The molecule has 0 bridgehead atoms. The zero-order valence-electron chi connectivity index (χ0n) is 11.6. The molecule has 0 spiro atoms. The van der Waals surface area contributed by atoms with Gasteiger partial charge in [0.25, 0.3) is 0 Å². The summed E-state index contributed by atoms with van der Waals surface area (Å²) < 4.78 is 14.4. The zero-order valence-corrected chi connectivity index (χ0v) is 13.2. The number of para-hydroxylation sites is 1. The molecule has 2 aromatic carbocycles. The molecule has 4 nitrogen and oxygen atoms in total. The fraction of sp³-hybridized carbons (Fsp3) is 0.0625. The minimum atomic E-state index is -1.12. The number of fused-ring (bicyclic) bond motifs is 1. The maximum absolute atomic E-state index is 13.6. The van der Waals surface area contributed by atoms with Crippen molar-refractivity contribution in [2.45, 2.75) is 5.92 Å². The smallest absolute Gasteiger partial charge is 0.248 e. The quantitative estimate of drug-likeness (QED) is 0.768. The summed E-state index contributed by atoms with van der Waals surface area (Å²) in [4.78, 5) is 16.6. The van der Waals surface area contributed by atoms with E-state index in [2.05, 4.69) is 10.3 Å². The van der Waals surface area contributed by atoms with Crippen LogP contribution in [0.4, 0.5) is 10.1 Å². The van der Waals surface area contributed by atoms with Gasteiger partial charge in [-0.3, -0.25) is 4.79 Å². The number of nitrogens with zero attached hydrogens (tertiary/aromatic N) is 2. The highest BCUT2D eigenvalue weighted by atomic mass is 35.5. The van der Waals surface area contributed by atoms with Crippen LogP contribution in [0.15, 0.2) is 42.5 Å². The maximum Gasteiger partial charge on any atom is 0.248 e. The van der Waals surface area contributed by atoms with E-state index in [1.54, 1.807) is 24.3 Å². The molecule has 0 radical (unpaired) electrons.